The number of hydrogen-bond donors (Lipinski definition) is 1. The fraction of sp³-hybridized carbons (Fsp3) is 0.222. The predicted octanol–water partition coefficient (Wildman–Crippen LogP) is 1.50. The Labute approximate surface area is 70.1 Å². The van der Waals surface area contributed by atoms with Crippen LogP contribution in [0.4, 0.5) is 5.69 Å². The van der Waals surface area contributed by atoms with Gasteiger partial charge in [-0.15, -0.1) is 0 Å². The Hall–Kier alpha value is -1.51. The molecule has 0 radical (unpaired) electrons. The number of ether oxygens (including phenoxy) is 1. The van der Waals surface area contributed by atoms with Gasteiger partial charge in [0.1, 0.15) is 6.10 Å². The summed E-state index contributed by atoms with van der Waals surface area (Å²) in [4.78, 5) is 11.2. The molecule has 0 aromatic heterocycles. The Morgan fingerprint density at radius 2 is 2.25 bits per heavy atom. The summed E-state index contributed by atoms with van der Waals surface area (Å²) in [7, 11) is 0. The molecule has 1 atom stereocenters. The maximum Gasteiger partial charge on any atom is 0.341 e. The molecule has 0 saturated heterocycles. The monoisotopic (exact) mass is 163 g/mol. The molecule has 1 aromatic carbocycles. The zero-order valence-electron chi connectivity index (χ0n) is 6.70. The normalized spacial score (nSPS) is 20.4. The quantitative estimate of drug-likeness (QED) is 0.465. The molecule has 1 aromatic rings. The maximum atomic E-state index is 11.2. The molecule has 3 nitrogen and oxygen atoms in total. The molecule has 0 spiro atoms. The van der Waals surface area contributed by atoms with E-state index in [9.17, 15) is 4.79 Å². The van der Waals surface area contributed by atoms with Crippen LogP contribution in [0.5, 0.6) is 0 Å². The highest BCUT2D eigenvalue weighted by atomic mass is 16.5. The molecule has 0 amide bonds. The standard InChI is InChI=1S/C9H9NO2/c1-5-6-3-2-4-7(10)8(6)9(11)12-5/h2-5H,10H2,1H3/t5-/m0/s1. The van der Waals surface area contributed by atoms with Gasteiger partial charge < -0.3 is 10.5 Å². The van der Waals surface area contributed by atoms with E-state index in [0.29, 0.717) is 11.3 Å². The minimum absolute atomic E-state index is 0.156. The van der Waals surface area contributed by atoms with Crippen LogP contribution in [-0.4, -0.2) is 5.97 Å². The highest BCUT2D eigenvalue weighted by Gasteiger charge is 2.29. The number of fused-ring (bicyclic) bond motifs is 1. The van der Waals surface area contributed by atoms with E-state index in [-0.39, 0.29) is 12.1 Å². The van der Waals surface area contributed by atoms with Crippen molar-refractivity contribution in [1.82, 2.24) is 0 Å². The van der Waals surface area contributed by atoms with Crippen molar-refractivity contribution in [1.29, 1.82) is 0 Å². The minimum Gasteiger partial charge on any atom is -0.454 e. The van der Waals surface area contributed by atoms with Crippen LogP contribution in [0.1, 0.15) is 28.9 Å². The first kappa shape index (κ1) is 7.16. The number of benzene rings is 1. The van der Waals surface area contributed by atoms with E-state index in [2.05, 4.69) is 0 Å². The Morgan fingerprint density at radius 1 is 1.50 bits per heavy atom. The number of cyclic esters (lactones) is 1. The van der Waals surface area contributed by atoms with Crippen molar-refractivity contribution in [2.75, 3.05) is 5.73 Å². The Morgan fingerprint density at radius 3 is 2.92 bits per heavy atom. The SMILES string of the molecule is C[C@@H]1OC(=O)c2c(N)cccc21. The van der Waals surface area contributed by atoms with Gasteiger partial charge in [0.25, 0.3) is 0 Å². The first-order valence-electron chi connectivity index (χ1n) is 3.79. The van der Waals surface area contributed by atoms with E-state index in [0.717, 1.165) is 5.56 Å². The van der Waals surface area contributed by atoms with Gasteiger partial charge in [0.2, 0.25) is 0 Å². The summed E-state index contributed by atoms with van der Waals surface area (Å²) >= 11 is 0. The Kier molecular flexibility index (Phi) is 1.33. The van der Waals surface area contributed by atoms with Crippen LogP contribution < -0.4 is 5.73 Å². The van der Waals surface area contributed by atoms with E-state index in [4.69, 9.17) is 10.5 Å². The molecule has 62 valence electrons. The lowest BCUT2D eigenvalue weighted by atomic mass is 10.0. The third-order valence-corrected chi connectivity index (χ3v) is 2.05. The summed E-state index contributed by atoms with van der Waals surface area (Å²) in [5.41, 5.74) is 7.55. The minimum atomic E-state index is -0.310. The molecule has 0 unspecified atom stereocenters. The molecule has 12 heavy (non-hydrogen) atoms. The second kappa shape index (κ2) is 2.24. The van der Waals surface area contributed by atoms with Gasteiger partial charge in [-0.25, -0.2) is 4.79 Å². The Bertz CT molecular complexity index is 346. The number of anilines is 1. The number of nitrogens with two attached hydrogens (primary N) is 1. The summed E-state index contributed by atoms with van der Waals surface area (Å²) in [6.45, 7) is 1.84. The van der Waals surface area contributed by atoms with Crippen molar-refractivity contribution in [2.45, 2.75) is 13.0 Å². The van der Waals surface area contributed by atoms with Gasteiger partial charge in [-0.2, -0.15) is 0 Å². The molecule has 0 aliphatic carbocycles. The second-order valence-corrected chi connectivity index (χ2v) is 2.86. The van der Waals surface area contributed by atoms with Gasteiger partial charge in [0.15, 0.2) is 0 Å². The van der Waals surface area contributed by atoms with Crippen LogP contribution in [0.3, 0.4) is 0 Å². The number of esters is 1. The number of nitrogen functional groups attached to an aromatic ring is 1. The molecule has 0 bridgehead atoms. The lowest BCUT2D eigenvalue weighted by molar-refractivity contribution is 0.0422. The average Bonchev–Trinajstić information content (AvgIpc) is 2.29. The fourth-order valence-corrected chi connectivity index (χ4v) is 1.45. The van der Waals surface area contributed by atoms with Gasteiger partial charge in [0.05, 0.1) is 5.56 Å². The van der Waals surface area contributed by atoms with Crippen molar-refractivity contribution in [3.05, 3.63) is 29.3 Å². The van der Waals surface area contributed by atoms with E-state index < -0.39 is 0 Å². The summed E-state index contributed by atoms with van der Waals surface area (Å²) in [5, 5.41) is 0. The average molecular weight is 163 g/mol. The van der Waals surface area contributed by atoms with Gasteiger partial charge in [0, 0.05) is 11.3 Å². The van der Waals surface area contributed by atoms with Crippen molar-refractivity contribution in [2.24, 2.45) is 0 Å². The van der Waals surface area contributed by atoms with Crippen LogP contribution in [0.25, 0.3) is 0 Å². The van der Waals surface area contributed by atoms with Gasteiger partial charge in [-0.1, -0.05) is 12.1 Å². The smallest absolute Gasteiger partial charge is 0.341 e. The third-order valence-electron chi connectivity index (χ3n) is 2.05. The number of rotatable bonds is 0. The van der Waals surface area contributed by atoms with E-state index in [1.807, 2.05) is 19.1 Å². The van der Waals surface area contributed by atoms with Crippen LogP contribution >= 0.6 is 0 Å². The topological polar surface area (TPSA) is 52.3 Å². The van der Waals surface area contributed by atoms with E-state index in [1.165, 1.54) is 0 Å². The lowest BCUT2D eigenvalue weighted by Gasteiger charge is -2.01. The molecular formula is C9H9NO2. The van der Waals surface area contributed by atoms with Crippen molar-refractivity contribution < 1.29 is 9.53 Å². The van der Waals surface area contributed by atoms with E-state index >= 15 is 0 Å². The van der Waals surface area contributed by atoms with Crippen molar-refractivity contribution in [3.63, 3.8) is 0 Å². The molecule has 2 N–H and O–H groups in total. The maximum absolute atomic E-state index is 11.2. The number of carbonyl (C=O) groups is 1. The first-order chi connectivity index (χ1) is 5.70. The van der Waals surface area contributed by atoms with Crippen LogP contribution in [0.2, 0.25) is 0 Å². The van der Waals surface area contributed by atoms with Gasteiger partial charge >= 0.3 is 5.97 Å². The summed E-state index contributed by atoms with van der Waals surface area (Å²) in [6, 6.07) is 5.39. The summed E-state index contributed by atoms with van der Waals surface area (Å²) in [6.07, 6.45) is -0.156. The van der Waals surface area contributed by atoms with E-state index in [1.54, 1.807) is 6.07 Å². The van der Waals surface area contributed by atoms with Gasteiger partial charge in [-0.05, 0) is 13.0 Å². The molecule has 1 heterocycles. The van der Waals surface area contributed by atoms with Crippen LogP contribution in [-0.2, 0) is 4.74 Å². The highest BCUT2D eigenvalue weighted by molar-refractivity contribution is 5.99. The van der Waals surface area contributed by atoms with Crippen molar-refractivity contribution >= 4 is 11.7 Å². The lowest BCUT2D eigenvalue weighted by Crippen LogP contribution is -1.99. The second-order valence-electron chi connectivity index (χ2n) is 2.86. The molecule has 1 aliphatic heterocycles. The zero-order valence-corrected chi connectivity index (χ0v) is 6.70. The fourth-order valence-electron chi connectivity index (χ4n) is 1.45. The zero-order chi connectivity index (χ0) is 8.72. The molecule has 0 saturated carbocycles. The largest absolute Gasteiger partial charge is 0.454 e. The number of carbonyl (C=O) groups excluding carboxylic acids is 1. The summed E-state index contributed by atoms with van der Waals surface area (Å²) < 4.78 is 4.99. The molecular weight excluding hydrogens is 154 g/mol. The molecule has 2 rings (SSSR count). The van der Waals surface area contributed by atoms with Crippen molar-refractivity contribution in [3.8, 4) is 0 Å². The van der Waals surface area contributed by atoms with Gasteiger partial charge in [-0.3, -0.25) is 0 Å². The highest BCUT2D eigenvalue weighted by Crippen LogP contribution is 2.33. The molecule has 3 heteroatoms. The van der Waals surface area contributed by atoms with Crippen LogP contribution in [0, 0.1) is 0 Å². The number of hydrogen-bond acceptors (Lipinski definition) is 3. The molecule has 1 aliphatic rings. The predicted molar refractivity (Wildman–Crippen MR) is 44.7 cm³/mol. The third kappa shape index (κ3) is 0.794. The Balaban J connectivity index is 2.67. The van der Waals surface area contributed by atoms with Crippen LogP contribution in [0.15, 0.2) is 18.2 Å². The molecule has 0 fully saturated rings. The summed E-state index contributed by atoms with van der Waals surface area (Å²) in [5.74, 6) is -0.310. The first-order valence-corrected chi connectivity index (χ1v) is 3.79.